The van der Waals surface area contributed by atoms with E-state index in [4.69, 9.17) is 12.2 Å². The minimum atomic E-state index is -0.315. The van der Waals surface area contributed by atoms with Crippen LogP contribution in [0.1, 0.15) is 0 Å². The van der Waals surface area contributed by atoms with Crippen LogP contribution in [-0.4, -0.2) is 9.55 Å². The summed E-state index contributed by atoms with van der Waals surface area (Å²) >= 11 is 8.46. The predicted octanol–water partition coefficient (Wildman–Crippen LogP) is 5.10. The van der Waals surface area contributed by atoms with Crippen molar-refractivity contribution in [2.24, 2.45) is 0 Å². The first-order chi connectivity index (χ1) is 9.66. The Labute approximate surface area is 129 Å². The molecule has 0 saturated carbocycles. The molecule has 3 aromatic rings. The summed E-state index contributed by atoms with van der Waals surface area (Å²) in [5.41, 5.74) is 2.61. The molecule has 3 rings (SSSR count). The maximum absolute atomic E-state index is 13.7. The van der Waals surface area contributed by atoms with E-state index in [0.717, 1.165) is 11.3 Å². The molecule has 100 valence electrons. The van der Waals surface area contributed by atoms with Gasteiger partial charge in [0.1, 0.15) is 5.82 Å². The second-order valence-electron chi connectivity index (χ2n) is 4.28. The van der Waals surface area contributed by atoms with E-state index in [1.54, 1.807) is 6.07 Å². The molecule has 0 aliphatic heterocycles. The summed E-state index contributed by atoms with van der Waals surface area (Å²) < 4.78 is 16.5. The maximum atomic E-state index is 13.7. The van der Waals surface area contributed by atoms with Crippen LogP contribution in [0.25, 0.3) is 16.9 Å². The Morgan fingerprint density at radius 2 is 1.85 bits per heavy atom. The van der Waals surface area contributed by atoms with Gasteiger partial charge < -0.3 is 4.98 Å². The molecule has 20 heavy (non-hydrogen) atoms. The lowest BCUT2D eigenvalue weighted by molar-refractivity contribution is 0.620. The number of hydrogen-bond acceptors (Lipinski definition) is 1. The molecule has 2 nitrogen and oxygen atoms in total. The zero-order chi connectivity index (χ0) is 14.1. The molecule has 0 aliphatic rings. The minimum Gasteiger partial charge on any atom is -0.336 e. The fraction of sp³-hybridized carbons (Fsp3) is 0. The third-order valence-corrected chi connectivity index (χ3v) is 3.95. The van der Waals surface area contributed by atoms with Crippen molar-refractivity contribution in [3.63, 3.8) is 0 Å². The third-order valence-electron chi connectivity index (χ3n) is 3.01. The van der Waals surface area contributed by atoms with Crippen LogP contribution >= 0.6 is 28.1 Å². The van der Waals surface area contributed by atoms with Crippen LogP contribution in [0.3, 0.4) is 0 Å². The summed E-state index contributed by atoms with van der Waals surface area (Å²) in [4.78, 5) is 3.01. The SMILES string of the molecule is Fc1cc(-n2c(-c3ccccc3)c[nH]c2=S)ccc1Br. The average molecular weight is 349 g/mol. The Kier molecular flexibility index (Phi) is 3.54. The van der Waals surface area contributed by atoms with Gasteiger partial charge in [0, 0.05) is 11.8 Å². The van der Waals surface area contributed by atoms with E-state index < -0.39 is 0 Å². The number of imidazole rings is 1. The van der Waals surface area contributed by atoms with Gasteiger partial charge in [-0.1, -0.05) is 30.3 Å². The van der Waals surface area contributed by atoms with Gasteiger partial charge >= 0.3 is 0 Å². The Balaban J connectivity index is 2.22. The molecular formula is C15H10BrFN2S. The summed E-state index contributed by atoms with van der Waals surface area (Å²) in [6.07, 6.45) is 1.83. The van der Waals surface area contributed by atoms with Crippen LogP contribution in [0.2, 0.25) is 0 Å². The Bertz CT molecular complexity index is 808. The van der Waals surface area contributed by atoms with Crippen molar-refractivity contribution in [3.05, 3.63) is 69.8 Å². The summed E-state index contributed by atoms with van der Waals surface area (Å²) in [5.74, 6) is -0.315. The average Bonchev–Trinajstić information content (AvgIpc) is 2.85. The van der Waals surface area contributed by atoms with Crippen LogP contribution < -0.4 is 0 Å². The highest BCUT2D eigenvalue weighted by Crippen LogP contribution is 2.25. The van der Waals surface area contributed by atoms with E-state index in [1.165, 1.54) is 6.07 Å². The van der Waals surface area contributed by atoms with Crippen LogP contribution in [0, 0.1) is 10.6 Å². The van der Waals surface area contributed by atoms with E-state index >= 15 is 0 Å². The normalized spacial score (nSPS) is 10.7. The summed E-state index contributed by atoms with van der Waals surface area (Å²) in [5, 5.41) is 0. The number of halogens is 2. The highest BCUT2D eigenvalue weighted by atomic mass is 79.9. The smallest absolute Gasteiger partial charge is 0.182 e. The number of nitrogens with zero attached hydrogens (tertiary/aromatic N) is 1. The first-order valence-corrected chi connectivity index (χ1v) is 7.18. The molecule has 1 heterocycles. The quantitative estimate of drug-likeness (QED) is 0.638. The Morgan fingerprint density at radius 3 is 2.55 bits per heavy atom. The molecular weight excluding hydrogens is 339 g/mol. The molecule has 0 amide bonds. The van der Waals surface area contributed by atoms with E-state index in [-0.39, 0.29) is 5.82 Å². The second kappa shape index (κ2) is 5.34. The highest BCUT2D eigenvalue weighted by molar-refractivity contribution is 9.10. The van der Waals surface area contributed by atoms with Crippen molar-refractivity contribution >= 4 is 28.1 Å². The lowest BCUT2D eigenvalue weighted by Gasteiger charge is -2.09. The van der Waals surface area contributed by atoms with Crippen LogP contribution in [-0.2, 0) is 0 Å². The highest BCUT2D eigenvalue weighted by Gasteiger charge is 2.10. The fourth-order valence-electron chi connectivity index (χ4n) is 2.07. The zero-order valence-electron chi connectivity index (χ0n) is 10.3. The van der Waals surface area contributed by atoms with Crippen LogP contribution in [0.15, 0.2) is 59.2 Å². The molecule has 0 bridgehead atoms. The molecule has 0 radical (unpaired) electrons. The van der Waals surface area contributed by atoms with Crippen LogP contribution in [0.5, 0.6) is 0 Å². The fourth-order valence-corrected chi connectivity index (χ4v) is 2.58. The van der Waals surface area contributed by atoms with E-state index in [0.29, 0.717) is 14.9 Å². The van der Waals surface area contributed by atoms with Crippen LogP contribution in [0.4, 0.5) is 4.39 Å². The van der Waals surface area contributed by atoms with Crippen molar-refractivity contribution in [3.8, 4) is 16.9 Å². The minimum absolute atomic E-state index is 0.315. The lowest BCUT2D eigenvalue weighted by atomic mass is 10.1. The topological polar surface area (TPSA) is 20.7 Å². The molecule has 0 saturated heterocycles. The number of nitrogens with one attached hydrogen (secondary N) is 1. The third kappa shape index (κ3) is 2.34. The Hall–Kier alpha value is -1.72. The van der Waals surface area contributed by atoms with Crippen molar-refractivity contribution < 1.29 is 4.39 Å². The molecule has 2 aromatic carbocycles. The lowest BCUT2D eigenvalue weighted by Crippen LogP contribution is -1.97. The van der Waals surface area contributed by atoms with E-state index in [9.17, 15) is 4.39 Å². The molecule has 0 atom stereocenters. The number of aromatic amines is 1. The molecule has 0 unspecified atom stereocenters. The van der Waals surface area contributed by atoms with Gasteiger partial charge in [0.25, 0.3) is 0 Å². The van der Waals surface area contributed by atoms with E-state index in [2.05, 4.69) is 20.9 Å². The van der Waals surface area contributed by atoms with Gasteiger partial charge in [-0.15, -0.1) is 0 Å². The number of aromatic nitrogens is 2. The molecule has 1 N–H and O–H groups in total. The van der Waals surface area contributed by atoms with Gasteiger partial charge in [0.15, 0.2) is 4.77 Å². The monoisotopic (exact) mass is 348 g/mol. The van der Waals surface area contributed by atoms with Gasteiger partial charge in [-0.05, 0) is 46.3 Å². The zero-order valence-corrected chi connectivity index (χ0v) is 12.7. The van der Waals surface area contributed by atoms with Crippen molar-refractivity contribution in [1.29, 1.82) is 0 Å². The molecule has 0 spiro atoms. The first kappa shape index (κ1) is 13.3. The van der Waals surface area contributed by atoms with Crippen molar-refractivity contribution in [1.82, 2.24) is 9.55 Å². The maximum Gasteiger partial charge on any atom is 0.182 e. The van der Waals surface area contributed by atoms with Gasteiger partial charge in [0.05, 0.1) is 15.9 Å². The molecule has 1 aromatic heterocycles. The van der Waals surface area contributed by atoms with Gasteiger partial charge in [0.2, 0.25) is 0 Å². The number of benzene rings is 2. The molecule has 5 heteroatoms. The van der Waals surface area contributed by atoms with Gasteiger partial charge in [-0.25, -0.2) is 4.39 Å². The summed E-state index contributed by atoms with van der Waals surface area (Å²) in [7, 11) is 0. The largest absolute Gasteiger partial charge is 0.336 e. The summed E-state index contributed by atoms with van der Waals surface area (Å²) in [6, 6.07) is 14.8. The molecule has 0 aliphatic carbocycles. The number of hydrogen-bond donors (Lipinski definition) is 1. The van der Waals surface area contributed by atoms with Gasteiger partial charge in [-0.3, -0.25) is 4.57 Å². The number of H-pyrrole nitrogens is 1. The first-order valence-electron chi connectivity index (χ1n) is 5.98. The predicted molar refractivity (Wildman–Crippen MR) is 84.0 cm³/mol. The Morgan fingerprint density at radius 1 is 1.10 bits per heavy atom. The van der Waals surface area contributed by atoms with E-state index in [1.807, 2.05) is 47.2 Å². The van der Waals surface area contributed by atoms with Crippen molar-refractivity contribution in [2.45, 2.75) is 0 Å². The van der Waals surface area contributed by atoms with Gasteiger partial charge in [-0.2, -0.15) is 0 Å². The number of rotatable bonds is 2. The standard InChI is InChI=1S/C15H10BrFN2S/c16-12-7-6-11(8-13(12)17)19-14(9-18-15(19)20)10-4-2-1-3-5-10/h1-9H,(H,18,20). The molecule has 0 fully saturated rings. The van der Waals surface area contributed by atoms with Crippen molar-refractivity contribution in [2.75, 3.05) is 0 Å². The second-order valence-corrected chi connectivity index (χ2v) is 5.52. The summed E-state index contributed by atoms with van der Waals surface area (Å²) in [6.45, 7) is 0.